The van der Waals surface area contributed by atoms with E-state index in [1.165, 1.54) is 5.57 Å². The van der Waals surface area contributed by atoms with E-state index < -0.39 is 0 Å². The van der Waals surface area contributed by atoms with Crippen molar-refractivity contribution in [3.63, 3.8) is 0 Å². The minimum absolute atomic E-state index is 0.0405. The summed E-state index contributed by atoms with van der Waals surface area (Å²) in [5, 5.41) is 4.24. The molecular weight excluding hydrogens is 488 g/mol. The highest BCUT2D eigenvalue weighted by Crippen LogP contribution is 2.46. The molecule has 0 aliphatic carbocycles. The number of anilines is 1. The van der Waals surface area contributed by atoms with Gasteiger partial charge in [-0.05, 0) is 43.4 Å². The molecule has 1 saturated heterocycles. The fourth-order valence-corrected chi connectivity index (χ4v) is 6.23. The summed E-state index contributed by atoms with van der Waals surface area (Å²) in [5.74, 6) is 1.60. The van der Waals surface area contributed by atoms with Crippen LogP contribution in [-0.2, 0) is 14.3 Å². The van der Waals surface area contributed by atoms with Crippen molar-refractivity contribution >= 4 is 34.2 Å². The second-order valence-electron chi connectivity index (χ2n) is 10.3. The van der Waals surface area contributed by atoms with Gasteiger partial charge in [-0.3, -0.25) is 4.79 Å². The zero-order chi connectivity index (χ0) is 25.6. The molecule has 6 rings (SSSR count). The minimum Gasteiger partial charge on any atom is -0.496 e. The van der Waals surface area contributed by atoms with Crippen molar-refractivity contribution < 1.29 is 23.7 Å². The molecule has 5 heterocycles. The maximum absolute atomic E-state index is 14.0. The summed E-state index contributed by atoms with van der Waals surface area (Å²) in [6.07, 6.45) is 5.01. The first-order valence-corrected chi connectivity index (χ1v) is 13.7. The van der Waals surface area contributed by atoms with Gasteiger partial charge in [0.25, 0.3) is 5.91 Å². The molecule has 37 heavy (non-hydrogen) atoms. The Kier molecular flexibility index (Phi) is 6.34. The summed E-state index contributed by atoms with van der Waals surface area (Å²) >= 11 is 1.67. The van der Waals surface area contributed by atoms with Crippen LogP contribution >= 0.6 is 11.3 Å². The molecule has 0 bridgehead atoms. The standard InChI is InChI=1S/C29H32N2O5S/c1-29(2)18-35-12-9-31(29)28(32)21-4-8-30(20-7-13-37-17-20)27-23-14-22(19-5-10-34-11-6-19)25(33-3)15-26(23)36-16-24(21)27/h4-5,7,13-15,17H,6,8-12,16,18H2,1-3H3. The highest BCUT2D eigenvalue weighted by atomic mass is 32.1. The van der Waals surface area contributed by atoms with Gasteiger partial charge in [0.05, 0.1) is 50.5 Å². The number of carbonyl (C=O) groups is 1. The second-order valence-corrected chi connectivity index (χ2v) is 11.0. The Bertz CT molecular complexity index is 1310. The lowest BCUT2D eigenvalue weighted by Crippen LogP contribution is -2.56. The molecule has 194 valence electrons. The summed E-state index contributed by atoms with van der Waals surface area (Å²) in [6.45, 7) is 8.00. The maximum Gasteiger partial charge on any atom is 0.254 e. The van der Waals surface area contributed by atoms with Gasteiger partial charge in [-0.2, -0.15) is 11.3 Å². The number of thiophene rings is 1. The Morgan fingerprint density at radius 1 is 1.14 bits per heavy atom. The Morgan fingerprint density at radius 3 is 2.76 bits per heavy atom. The summed E-state index contributed by atoms with van der Waals surface area (Å²) in [5.41, 5.74) is 6.66. The molecule has 0 N–H and O–H groups in total. The van der Waals surface area contributed by atoms with E-state index in [4.69, 9.17) is 18.9 Å². The number of carbonyl (C=O) groups excluding carboxylic acids is 1. The van der Waals surface area contributed by atoms with E-state index in [2.05, 4.69) is 53.8 Å². The maximum atomic E-state index is 14.0. The Hall–Kier alpha value is -3.07. The van der Waals surface area contributed by atoms with E-state index in [-0.39, 0.29) is 11.4 Å². The van der Waals surface area contributed by atoms with Gasteiger partial charge in [0.15, 0.2) is 0 Å². The highest BCUT2D eigenvalue weighted by Gasteiger charge is 2.40. The summed E-state index contributed by atoms with van der Waals surface area (Å²) in [7, 11) is 1.69. The van der Waals surface area contributed by atoms with E-state index in [1.54, 1.807) is 18.4 Å². The van der Waals surface area contributed by atoms with Crippen LogP contribution in [0.2, 0.25) is 0 Å². The molecule has 1 aromatic carbocycles. The van der Waals surface area contributed by atoms with Crippen LogP contribution in [0.5, 0.6) is 11.5 Å². The van der Waals surface area contributed by atoms with Gasteiger partial charge >= 0.3 is 0 Å². The molecule has 0 saturated carbocycles. The van der Waals surface area contributed by atoms with Crippen LogP contribution in [0.3, 0.4) is 0 Å². The predicted molar refractivity (Wildman–Crippen MR) is 145 cm³/mol. The molecule has 8 heteroatoms. The van der Waals surface area contributed by atoms with Crippen molar-refractivity contribution in [1.82, 2.24) is 4.90 Å². The molecule has 2 aromatic rings. The molecule has 0 atom stereocenters. The molecule has 7 nitrogen and oxygen atoms in total. The molecule has 0 spiro atoms. The molecule has 4 aliphatic heterocycles. The van der Waals surface area contributed by atoms with Gasteiger partial charge in [0, 0.05) is 46.8 Å². The lowest BCUT2D eigenvalue weighted by atomic mass is 9.88. The van der Waals surface area contributed by atoms with Gasteiger partial charge in [-0.25, -0.2) is 0 Å². The number of methoxy groups -OCH3 is 1. The Labute approximate surface area is 221 Å². The topological polar surface area (TPSA) is 60.5 Å². The van der Waals surface area contributed by atoms with Gasteiger partial charge in [-0.15, -0.1) is 0 Å². The number of benzene rings is 1. The second kappa shape index (κ2) is 9.67. The molecule has 0 radical (unpaired) electrons. The van der Waals surface area contributed by atoms with Crippen LogP contribution in [0.4, 0.5) is 5.69 Å². The van der Waals surface area contributed by atoms with Gasteiger partial charge in [-0.1, -0.05) is 12.2 Å². The van der Waals surface area contributed by atoms with Crippen molar-refractivity contribution in [3.8, 4) is 11.5 Å². The first-order valence-electron chi connectivity index (χ1n) is 12.7. The largest absolute Gasteiger partial charge is 0.496 e. The molecule has 1 fully saturated rings. The van der Waals surface area contributed by atoms with E-state index >= 15 is 0 Å². The minimum atomic E-state index is -0.370. The zero-order valence-electron chi connectivity index (χ0n) is 21.5. The third-order valence-electron chi connectivity index (χ3n) is 7.54. The van der Waals surface area contributed by atoms with Crippen molar-refractivity contribution in [2.45, 2.75) is 25.8 Å². The normalized spacial score (nSPS) is 20.9. The quantitative estimate of drug-likeness (QED) is 0.580. The smallest absolute Gasteiger partial charge is 0.254 e. The molecule has 4 aliphatic rings. The third-order valence-corrected chi connectivity index (χ3v) is 8.21. The lowest BCUT2D eigenvalue weighted by molar-refractivity contribution is -0.141. The van der Waals surface area contributed by atoms with E-state index in [0.29, 0.717) is 46.1 Å². The highest BCUT2D eigenvalue weighted by molar-refractivity contribution is 7.08. The molecule has 1 aromatic heterocycles. The number of nitrogens with zero attached hydrogens (tertiary/aromatic N) is 2. The summed E-state index contributed by atoms with van der Waals surface area (Å²) in [6, 6.07) is 6.29. The van der Waals surface area contributed by atoms with Crippen LogP contribution < -0.4 is 14.4 Å². The number of fused-ring (bicyclic) bond motifs is 2. The number of rotatable bonds is 4. The van der Waals surface area contributed by atoms with Gasteiger partial charge in [0.1, 0.15) is 18.1 Å². The van der Waals surface area contributed by atoms with Crippen molar-refractivity contribution in [1.29, 1.82) is 0 Å². The number of hydrogen-bond acceptors (Lipinski definition) is 7. The first kappa shape index (κ1) is 24.3. The van der Waals surface area contributed by atoms with Crippen molar-refractivity contribution in [2.75, 3.05) is 58.1 Å². The van der Waals surface area contributed by atoms with Crippen LogP contribution in [0.15, 0.2) is 52.3 Å². The molecular formula is C29H32N2O5S. The van der Waals surface area contributed by atoms with Crippen LogP contribution in [0.1, 0.15) is 31.4 Å². The number of morpholine rings is 1. The Morgan fingerprint density at radius 2 is 2.03 bits per heavy atom. The zero-order valence-corrected chi connectivity index (χ0v) is 22.4. The van der Waals surface area contributed by atoms with E-state index in [9.17, 15) is 4.79 Å². The summed E-state index contributed by atoms with van der Waals surface area (Å²) < 4.78 is 23.3. The SMILES string of the molecule is COc1cc2c(cc1C1=CCOCC1)C1=C(CO2)C(C(=O)N2CCOCC2(C)C)=CCN1c1ccsc1. The summed E-state index contributed by atoms with van der Waals surface area (Å²) in [4.78, 5) is 18.2. The molecule has 1 amide bonds. The van der Waals surface area contributed by atoms with Crippen LogP contribution in [0, 0.1) is 0 Å². The number of hydrogen-bond donors (Lipinski definition) is 0. The molecule has 0 unspecified atom stereocenters. The monoisotopic (exact) mass is 520 g/mol. The fourth-order valence-electron chi connectivity index (χ4n) is 5.59. The number of ether oxygens (including phenoxy) is 4. The van der Waals surface area contributed by atoms with Gasteiger partial charge in [0.2, 0.25) is 0 Å². The lowest BCUT2D eigenvalue weighted by Gasteiger charge is -2.44. The average Bonchev–Trinajstić information content (AvgIpc) is 3.46. The Balaban J connectivity index is 1.49. The van der Waals surface area contributed by atoms with Crippen molar-refractivity contribution in [3.05, 3.63) is 63.4 Å². The number of amides is 1. The van der Waals surface area contributed by atoms with Gasteiger partial charge < -0.3 is 28.7 Å². The predicted octanol–water partition coefficient (Wildman–Crippen LogP) is 4.75. The fraction of sp³-hybridized carbons (Fsp3) is 0.414. The van der Waals surface area contributed by atoms with Crippen LogP contribution in [-0.4, -0.2) is 69.6 Å². The van der Waals surface area contributed by atoms with E-state index in [1.807, 2.05) is 11.0 Å². The van der Waals surface area contributed by atoms with E-state index in [0.717, 1.165) is 51.6 Å². The van der Waals surface area contributed by atoms with Crippen LogP contribution in [0.25, 0.3) is 11.3 Å². The third kappa shape index (κ3) is 4.27. The first-order chi connectivity index (χ1) is 18.0. The average molecular weight is 521 g/mol. The van der Waals surface area contributed by atoms with Crippen molar-refractivity contribution in [2.24, 2.45) is 0 Å².